The molecule has 1 atom stereocenters. The Morgan fingerprint density at radius 2 is 1.94 bits per heavy atom. The molecule has 0 aliphatic rings. The summed E-state index contributed by atoms with van der Waals surface area (Å²) >= 11 is 0. The van der Waals surface area contributed by atoms with Gasteiger partial charge in [0.2, 0.25) is 0 Å². The van der Waals surface area contributed by atoms with Crippen molar-refractivity contribution in [2.75, 3.05) is 24.7 Å². The van der Waals surface area contributed by atoms with Crippen molar-refractivity contribution in [2.24, 2.45) is 5.73 Å². The number of phenolic OH excluding ortho intramolecular Hbond substituents is 1. The van der Waals surface area contributed by atoms with Gasteiger partial charge in [-0.15, -0.1) is 12.4 Å². The van der Waals surface area contributed by atoms with Crippen LogP contribution in [-0.4, -0.2) is 24.9 Å². The van der Waals surface area contributed by atoms with E-state index in [9.17, 15) is 9.50 Å². The van der Waals surface area contributed by atoms with Crippen molar-refractivity contribution in [3.8, 4) is 5.75 Å². The average molecular weight is 263 g/mol. The van der Waals surface area contributed by atoms with Gasteiger partial charge in [0.1, 0.15) is 12.4 Å². The SMILES string of the molecule is CCN(CC)c1ccc([C@@H](N)CF)c(O)c1.Cl. The third-order valence-electron chi connectivity index (χ3n) is 2.71. The third-order valence-corrected chi connectivity index (χ3v) is 2.71. The van der Waals surface area contributed by atoms with Crippen LogP contribution < -0.4 is 10.6 Å². The number of halogens is 2. The van der Waals surface area contributed by atoms with Gasteiger partial charge >= 0.3 is 0 Å². The van der Waals surface area contributed by atoms with Crippen LogP contribution in [0.1, 0.15) is 25.5 Å². The lowest BCUT2D eigenvalue weighted by molar-refractivity contribution is 0.414. The summed E-state index contributed by atoms with van der Waals surface area (Å²) in [5.74, 6) is 0.0644. The second-order valence-electron chi connectivity index (χ2n) is 3.68. The molecule has 1 aromatic rings. The van der Waals surface area contributed by atoms with E-state index in [2.05, 4.69) is 4.90 Å². The number of anilines is 1. The molecule has 0 fully saturated rings. The summed E-state index contributed by atoms with van der Waals surface area (Å²) in [6.07, 6.45) is 0. The Morgan fingerprint density at radius 3 is 2.35 bits per heavy atom. The van der Waals surface area contributed by atoms with Gasteiger partial charge in [0.05, 0.1) is 6.04 Å². The van der Waals surface area contributed by atoms with Gasteiger partial charge in [-0.2, -0.15) is 0 Å². The van der Waals surface area contributed by atoms with Crippen LogP contribution >= 0.6 is 12.4 Å². The van der Waals surface area contributed by atoms with Crippen LogP contribution in [0.4, 0.5) is 10.1 Å². The Labute approximate surface area is 108 Å². The van der Waals surface area contributed by atoms with Crippen LogP contribution in [0.5, 0.6) is 5.75 Å². The van der Waals surface area contributed by atoms with E-state index in [1.54, 1.807) is 12.1 Å². The Balaban J connectivity index is 0.00000256. The molecule has 5 heteroatoms. The monoisotopic (exact) mass is 262 g/mol. The highest BCUT2D eigenvalue weighted by Crippen LogP contribution is 2.28. The van der Waals surface area contributed by atoms with Gasteiger partial charge in [-0.3, -0.25) is 0 Å². The predicted octanol–water partition coefficient (Wildman–Crippen LogP) is 2.63. The number of nitrogens with two attached hydrogens (primary N) is 1. The van der Waals surface area contributed by atoms with E-state index in [0.29, 0.717) is 5.56 Å². The highest BCUT2D eigenvalue weighted by atomic mass is 35.5. The molecule has 0 unspecified atom stereocenters. The lowest BCUT2D eigenvalue weighted by Crippen LogP contribution is -2.22. The second-order valence-corrected chi connectivity index (χ2v) is 3.68. The minimum Gasteiger partial charge on any atom is -0.508 e. The molecule has 0 spiro atoms. The molecule has 0 saturated heterocycles. The molecule has 3 N–H and O–H groups in total. The van der Waals surface area contributed by atoms with Gasteiger partial charge in [-0.25, -0.2) is 4.39 Å². The zero-order valence-corrected chi connectivity index (χ0v) is 11.0. The summed E-state index contributed by atoms with van der Waals surface area (Å²) in [5, 5.41) is 9.76. The first kappa shape index (κ1) is 16.0. The summed E-state index contributed by atoms with van der Waals surface area (Å²) in [6, 6.07) is 4.44. The van der Waals surface area contributed by atoms with Crippen LogP contribution in [0.15, 0.2) is 18.2 Å². The largest absolute Gasteiger partial charge is 0.508 e. The number of alkyl halides is 1. The number of benzene rings is 1. The Hall–Kier alpha value is -1.00. The maximum Gasteiger partial charge on any atom is 0.122 e. The van der Waals surface area contributed by atoms with Crippen molar-refractivity contribution in [1.82, 2.24) is 0 Å². The molecule has 0 amide bonds. The van der Waals surface area contributed by atoms with Gasteiger partial charge in [-0.05, 0) is 19.9 Å². The van der Waals surface area contributed by atoms with Gasteiger partial charge in [0, 0.05) is 30.4 Å². The van der Waals surface area contributed by atoms with Crippen LogP contribution in [0.3, 0.4) is 0 Å². The fourth-order valence-electron chi connectivity index (χ4n) is 1.71. The van der Waals surface area contributed by atoms with E-state index < -0.39 is 12.7 Å². The standard InChI is InChI=1S/C12H19FN2O.ClH/c1-3-15(4-2)9-5-6-10(11(14)8-13)12(16)7-9;/h5-7,11,16H,3-4,8,14H2,1-2H3;1H/t11-;/m0./s1. The maximum atomic E-state index is 12.4. The number of aromatic hydroxyl groups is 1. The van der Waals surface area contributed by atoms with E-state index in [1.165, 1.54) is 0 Å². The van der Waals surface area contributed by atoms with Crippen molar-refractivity contribution >= 4 is 18.1 Å². The average Bonchev–Trinajstić information content (AvgIpc) is 2.30. The summed E-state index contributed by atoms with van der Waals surface area (Å²) < 4.78 is 12.4. The van der Waals surface area contributed by atoms with Crippen LogP contribution in [0.2, 0.25) is 0 Å². The molecule has 17 heavy (non-hydrogen) atoms. The number of hydrogen-bond acceptors (Lipinski definition) is 3. The van der Waals surface area contributed by atoms with Crippen molar-refractivity contribution < 1.29 is 9.50 Å². The van der Waals surface area contributed by atoms with Crippen LogP contribution in [0, 0.1) is 0 Å². The van der Waals surface area contributed by atoms with Crippen molar-refractivity contribution in [1.29, 1.82) is 0 Å². The van der Waals surface area contributed by atoms with E-state index in [0.717, 1.165) is 18.8 Å². The molecule has 0 heterocycles. The fraction of sp³-hybridized carbons (Fsp3) is 0.500. The summed E-state index contributed by atoms with van der Waals surface area (Å²) in [4.78, 5) is 2.10. The minimum atomic E-state index is -0.745. The quantitative estimate of drug-likeness (QED) is 0.858. The van der Waals surface area contributed by atoms with Gasteiger partial charge in [0.25, 0.3) is 0 Å². The van der Waals surface area contributed by atoms with Crippen molar-refractivity contribution in [3.05, 3.63) is 23.8 Å². The molecule has 1 rings (SSSR count). The molecule has 0 aromatic heterocycles. The summed E-state index contributed by atoms with van der Waals surface area (Å²) in [5.41, 5.74) is 6.92. The zero-order valence-electron chi connectivity index (χ0n) is 10.2. The summed E-state index contributed by atoms with van der Waals surface area (Å²) in [6.45, 7) is 5.15. The first-order chi connectivity index (χ1) is 7.63. The zero-order chi connectivity index (χ0) is 12.1. The number of nitrogens with zero attached hydrogens (tertiary/aromatic N) is 1. The predicted molar refractivity (Wildman–Crippen MR) is 71.8 cm³/mol. The number of phenols is 1. The molecule has 3 nitrogen and oxygen atoms in total. The van der Waals surface area contributed by atoms with E-state index in [-0.39, 0.29) is 18.2 Å². The molecule has 0 saturated carbocycles. The summed E-state index contributed by atoms with van der Waals surface area (Å²) in [7, 11) is 0. The highest BCUT2D eigenvalue weighted by Gasteiger charge is 2.12. The first-order valence-corrected chi connectivity index (χ1v) is 5.53. The van der Waals surface area contributed by atoms with E-state index >= 15 is 0 Å². The Bertz CT molecular complexity index is 345. The molecular weight excluding hydrogens is 243 g/mol. The van der Waals surface area contributed by atoms with Crippen LogP contribution in [-0.2, 0) is 0 Å². The van der Waals surface area contributed by atoms with Gasteiger partial charge < -0.3 is 15.7 Å². The number of hydrogen-bond donors (Lipinski definition) is 2. The number of rotatable bonds is 5. The van der Waals surface area contributed by atoms with E-state index in [4.69, 9.17) is 5.73 Å². The minimum absolute atomic E-state index is 0. The first-order valence-electron chi connectivity index (χ1n) is 5.53. The normalized spacial score (nSPS) is 11.8. The highest BCUT2D eigenvalue weighted by molar-refractivity contribution is 5.85. The molecule has 98 valence electrons. The topological polar surface area (TPSA) is 49.5 Å². The van der Waals surface area contributed by atoms with Crippen molar-refractivity contribution in [2.45, 2.75) is 19.9 Å². The second kappa shape index (κ2) is 7.35. The molecule has 0 radical (unpaired) electrons. The van der Waals surface area contributed by atoms with Gasteiger partial charge in [-0.1, -0.05) is 6.07 Å². The van der Waals surface area contributed by atoms with Crippen LogP contribution in [0.25, 0.3) is 0 Å². The lowest BCUT2D eigenvalue weighted by atomic mass is 10.1. The molecule has 0 aliphatic carbocycles. The molecule has 0 aliphatic heterocycles. The maximum absolute atomic E-state index is 12.4. The Kier molecular flexibility index (Phi) is 6.92. The molecule has 1 aromatic carbocycles. The van der Waals surface area contributed by atoms with Crippen molar-refractivity contribution in [3.63, 3.8) is 0 Å². The smallest absolute Gasteiger partial charge is 0.122 e. The van der Waals surface area contributed by atoms with E-state index in [1.807, 2.05) is 19.9 Å². The van der Waals surface area contributed by atoms with Gasteiger partial charge in [0.15, 0.2) is 0 Å². The third kappa shape index (κ3) is 3.75. The molecular formula is C12H20ClFN2O. The Morgan fingerprint density at radius 1 is 1.35 bits per heavy atom. The molecule has 0 bridgehead atoms. The fourth-order valence-corrected chi connectivity index (χ4v) is 1.71. The lowest BCUT2D eigenvalue weighted by Gasteiger charge is -2.22.